The molecule has 1 amide bonds. The molecule has 1 aliphatic rings. The van der Waals surface area contributed by atoms with Gasteiger partial charge in [-0.1, -0.05) is 29.3 Å². The first-order valence-electron chi connectivity index (χ1n) is 7.38. The van der Waals surface area contributed by atoms with Gasteiger partial charge in [-0.15, -0.1) is 11.3 Å². The van der Waals surface area contributed by atoms with Crippen molar-refractivity contribution >= 4 is 51.5 Å². The Hall–Kier alpha value is -1.63. The number of halogens is 2. The van der Waals surface area contributed by atoms with Gasteiger partial charge in [0.2, 0.25) is 5.91 Å². The highest BCUT2D eigenvalue weighted by Crippen LogP contribution is 2.27. The Morgan fingerprint density at radius 2 is 2.08 bits per heavy atom. The van der Waals surface area contributed by atoms with Crippen molar-refractivity contribution < 1.29 is 14.3 Å². The van der Waals surface area contributed by atoms with Crippen LogP contribution in [0.25, 0.3) is 0 Å². The molecule has 1 fully saturated rings. The molecule has 0 saturated carbocycles. The molecule has 0 atom stereocenters. The summed E-state index contributed by atoms with van der Waals surface area (Å²) in [6.07, 6.45) is 1.44. The molecule has 0 bridgehead atoms. The van der Waals surface area contributed by atoms with E-state index in [1.807, 2.05) is 0 Å². The lowest BCUT2D eigenvalue weighted by atomic mass is 10.2. The molecule has 1 aliphatic heterocycles. The van der Waals surface area contributed by atoms with Crippen molar-refractivity contribution in [2.24, 2.45) is 0 Å². The predicted octanol–water partition coefficient (Wildman–Crippen LogP) is 3.86. The molecular formula is C16H14Cl2N2O3S. The Bertz CT molecular complexity index is 758. The normalized spacial score (nSPS) is 14.2. The van der Waals surface area contributed by atoms with Crippen molar-refractivity contribution in [3.8, 4) is 0 Å². The van der Waals surface area contributed by atoms with Gasteiger partial charge in [-0.05, 0) is 18.6 Å². The molecule has 1 saturated heterocycles. The minimum atomic E-state index is -0.421. The van der Waals surface area contributed by atoms with Crippen molar-refractivity contribution in [1.29, 1.82) is 0 Å². The Kier molecular flexibility index (Phi) is 5.38. The second kappa shape index (κ2) is 7.51. The number of esters is 1. The van der Waals surface area contributed by atoms with Gasteiger partial charge in [0.15, 0.2) is 5.13 Å². The first-order valence-corrected chi connectivity index (χ1v) is 9.01. The summed E-state index contributed by atoms with van der Waals surface area (Å²) < 4.78 is 5.23. The SMILES string of the molecule is O=C(Cc1csc(N2CCCC2=O)n1)OCc1c(Cl)cccc1Cl. The average Bonchev–Trinajstić information content (AvgIpc) is 3.15. The van der Waals surface area contributed by atoms with E-state index < -0.39 is 5.97 Å². The third-order valence-electron chi connectivity index (χ3n) is 3.61. The highest BCUT2D eigenvalue weighted by atomic mass is 35.5. The molecular weight excluding hydrogens is 371 g/mol. The first kappa shape index (κ1) is 17.2. The number of benzene rings is 1. The number of aromatic nitrogens is 1. The van der Waals surface area contributed by atoms with Gasteiger partial charge in [-0.25, -0.2) is 4.98 Å². The number of hydrogen-bond acceptors (Lipinski definition) is 5. The molecule has 0 aliphatic carbocycles. The minimum Gasteiger partial charge on any atom is -0.460 e. The number of hydrogen-bond donors (Lipinski definition) is 0. The molecule has 24 heavy (non-hydrogen) atoms. The number of carbonyl (C=O) groups is 2. The standard InChI is InChI=1S/C16H14Cl2N2O3S/c17-12-3-1-4-13(18)11(12)8-23-15(22)7-10-9-24-16(19-10)20-6-2-5-14(20)21/h1,3-4,9H,2,5-8H2. The van der Waals surface area contributed by atoms with Crippen LogP contribution in [0.2, 0.25) is 10.0 Å². The van der Waals surface area contributed by atoms with Crippen molar-refractivity contribution in [2.45, 2.75) is 25.9 Å². The first-order chi connectivity index (χ1) is 11.5. The number of nitrogens with zero attached hydrogens (tertiary/aromatic N) is 2. The molecule has 1 aromatic carbocycles. The van der Waals surface area contributed by atoms with Crippen molar-refractivity contribution in [3.05, 3.63) is 44.9 Å². The lowest BCUT2D eigenvalue weighted by Gasteiger charge is -2.10. The van der Waals surface area contributed by atoms with Crippen LogP contribution in [-0.2, 0) is 27.4 Å². The maximum Gasteiger partial charge on any atom is 0.312 e. The van der Waals surface area contributed by atoms with Crippen LogP contribution in [0.1, 0.15) is 24.1 Å². The van der Waals surface area contributed by atoms with Gasteiger partial charge in [-0.2, -0.15) is 0 Å². The molecule has 5 nitrogen and oxygen atoms in total. The Morgan fingerprint density at radius 1 is 1.33 bits per heavy atom. The van der Waals surface area contributed by atoms with Gasteiger partial charge >= 0.3 is 5.97 Å². The predicted molar refractivity (Wildman–Crippen MR) is 93.7 cm³/mol. The van der Waals surface area contributed by atoms with Crippen LogP contribution in [0.15, 0.2) is 23.6 Å². The van der Waals surface area contributed by atoms with E-state index >= 15 is 0 Å². The van der Waals surface area contributed by atoms with E-state index in [1.165, 1.54) is 11.3 Å². The molecule has 0 radical (unpaired) electrons. The van der Waals surface area contributed by atoms with Crippen molar-refractivity contribution in [1.82, 2.24) is 4.98 Å². The highest BCUT2D eigenvalue weighted by Gasteiger charge is 2.24. The average molecular weight is 385 g/mol. The summed E-state index contributed by atoms with van der Waals surface area (Å²) in [5.74, 6) is -0.345. The fourth-order valence-corrected chi connectivity index (χ4v) is 3.75. The van der Waals surface area contributed by atoms with Gasteiger partial charge in [0, 0.05) is 34.0 Å². The van der Waals surface area contributed by atoms with Crippen LogP contribution < -0.4 is 4.90 Å². The fraction of sp³-hybridized carbons (Fsp3) is 0.312. The van der Waals surface area contributed by atoms with E-state index in [9.17, 15) is 9.59 Å². The van der Waals surface area contributed by atoms with Gasteiger partial charge in [0.05, 0.1) is 12.1 Å². The van der Waals surface area contributed by atoms with Gasteiger partial charge < -0.3 is 4.74 Å². The van der Waals surface area contributed by atoms with Gasteiger partial charge in [0.1, 0.15) is 6.61 Å². The third-order valence-corrected chi connectivity index (χ3v) is 5.23. The topological polar surface area (TPSA) is 59.5 Å². The van der Waals surface area contributed by atoms with Crippen molar-refractivity contribution in [2.75, 3.05) is 11.4 Å². The third kappa shape index (κ3) is 3.88. The Balaban J connectivity index is 1.57. The van der Waals surface area contributed by atoms with Gasteiger partial charge in [-0.3, -0.25) is 14.5 Å². The summed E-state index contributed by atoms with van der Waals surface area (Å²) in [4.78, 5) is 29.7. The molecule has 2 aromatic rings. The zero-order valence-electron chi connectivity index (χ0n) is 12.6. The van der Waals surface area contributed by atoms with Crippen LogP contribution in [0.3, 0.4) is 0 Å². The Labute approximate surface area is 153 Å². The maximum atomic E-state index is 12.0. The van der Waals surface area contributed by atoms with Crippen LogP contribution >= 0.6 is 34.5 Å². The second-order valence-corrected chi connectivity index (χ2v) is 6.96. The van der Waals surface area contributed by atoms with E-state index in [-0.39, 0.29) is 18.9 Å². The Morgan fingerprint density at radius 3 is 2.75 bits per heavy atom. The monoisotopic (exact) mass is 384 g/mol. The number of anilines is 1. The summed E-state index contributed by atoms with van der Waals surface area (Å²) in [6, 6.07) is 5.11. The minimum absolute atomic E-state index is 0.0128. The maximum absolute atomic E-state index is 12.0. The smallest absolute Gasteiger partial charge is 0.312 e. The van der Waals surface area contributed by atoms with Gasteiger partial charge in [0.25, 0.3) is 0 Å². The highest BCUT2D eigenvalue weighted by molar-refractivity contribution is 7.14. The summed E-state index contributed by atoms with van der Waals surface area (Å²) in [6.45, 7) is 0.695. The van der Waals surface area contributed by atoms with E-state index in [0.29, 0.717) is 39.4 Å². The van der Waals surface area contributed by atoms with E-state index in [4.69, 9.17) is 27.9 Å². The number of amides is 1. The number of ether oxygens (including phenoxy) is 1. The van der Waals surface area contributed by atoms with Crippen LogP contribution in [0, 0.1) is 0 Å². The summed E-state index contributed by atoms with van der Waals surface area (Å²) >= 11 is 13.4. The van der Waals surface area contributed by atoms with E-state index in [2.05, 4.69) is 4.98 Å². The molecule has 126 valence electrons. The van der Waals surface area contributed by atoms with Crippen LogP contribution in [0.4, 0.5) is 5.13 Å². The van der Waals surface area contributed by atoms with E-state index in [1.54, 1.807) is 28.5 Å². The summed E-state index contributed by atoms with van der Waals surface area (Å²) in [5, 5.41) is 3.32. The summed E-state index contributed by atoms with van der Waals surface area (Å²) in [7, 11) is 0. The zero-order chi connectivity index (χ0) is 17.1. The van der Waals surface area contributed by atoms with Crippen LogP contribution in [0.5, 0.6) is 0 Å². The quantitative estimate of drug-likeness (QED) is 0.734. The molecule has 0 N–H and O–H groups in total. The molecule has 0 spiro atoms. The number of carbonyl (C=O) groups excluding carboxylic acids is 2. The van der Waals surface area contributed by atoms with Crippen molar-refractivity contribution in [3.63, 3.8) is 0 Å². The lowest BCUT2D eigenvalue weighted by molar-refractivity contribution is -0.144. The molecule has 1 aromatic heterocycles. The lowest BCUT2D eigenvalue weighted by Crippen LogP contribution is -2.23. The number of rotatable bonds is 5. The largest absolute Gasteiger partial charge is 0.460 e. The van der Waals surface area contributed by atoms with Crippen LogP contribution in [-0.4, -0.2) is 23.4 Å². The molecule has 8 heteroatoms. The second-order valence-electron chi connectivity index (χ2n) is 5.31. The number of thiazole rings is 1. The molecule has 0 unspecified atom stereocenters. The molecule has 2 heterocycles. The van der Waals surface area contributed by atoms with E-state index in [0.717, 1.165) is 6.42 Å². The fourth-order valence-electron chi connectivity index (χ4n) is 2.37. The molecule has 3 rings (SSSR count). The summed E-state index contributed by atoms with van der Waals surface area (Å²) in [5.41, 5.74) is 1.17. The zero-order valence-corrected chi connectivity index (χ0v) is 15.0.